The highest BCUT2D eigenvalue weighted by molar-refractivity contribution is 7.99. The fraction of sp³-hybridized carbons (Fsp3) is 0.200. The molecule has 9 heteroatoms. The molecule has 3 aromatic heterocycles. The van der Waals surface area contributed by atoms with Gasteiger partial charge in [0.1, 0.15) is 10.6 Å². The van der Waals surface area contributed by atoms with Crippen LogP contribution in [0.2, 0.25) is 0 Å². The maximum Gasteiger partial charge on any atom is 0.341 e. The van der Waals surface area contributed by atoms with E-state index < -0.39 is 5.97 Å². The summed E-state index contributed by atoms with van der Waals surface area (Å²) in [6.45, 7) is 5.83. The van der Waals surface area contributed by atoms with E-state index in [4.69, 9.17) is 14.7 Å². The molecule has 0 spiro atoms. The van der Waals surface area contributed by atoms with Gasteiger partial charge in [0.15, 0.2) is 5.16 Å². The zero-order valence-corrected chi connectivity index (χ0v) is 20.5. The second-order valence-corrected chi connectivity index (χ2v) is 9.88. The smallest absolute Gasteiger partial charge is 0.341 e. The van der Waals surface area contributed by atoms with Crippen molar-refractivity contribution in [1.82, 2.24) is 14.4 Å². The zero-order valence-electron chi connectivity index (χ0n) is 18.9. The summed E-state index contributed by atoms with van der Waals surface area (Å²) in [5.74, 6) is -0.509. The van der Waals surface area contributed by atoms with Crippen molar-refractivity contribution < 1.29 is 14.3 Å². The lowest BCUT2D eigenvalue weighted by molar-refractivity contribution is -0.113. The second kappa shape index (κ2) is 9.08. The maximum atomic E-state index is 12.9. The Morgan fingerprint density at radius 3 is 2.59 bits per heavy atom. The van der Waals surface area contributed by atoms with Crippen LogP contribution in [-0.2, 0) is 9.53 Å². The Morgan fingerprint density at radius 1 is 1.06 bits per heavy atom. The molecule has 1 N–H and O–H groups in total. The average Bonchev–Trinajstić information content (AvgIpc) is 3.35. The van der Waals surface area contributed by atoms with Crippen molar-refractivity contribution >= 4 is 67.6 Å². The van der Waals surface area contributed by atoms with Crippen LogP contribution in [0.25, 0.3) is 27.6 Å². The van der Waals surface area contributed by atoms with Crippen molar-refractivity contribution in [3.63, 3.8) is 0 Å². The summed E-state index contributed by atoms with van der Waals surface area (Å²) >= 11 is 2.72. The largest absolute Gasteiger partial charge is 0.462 e. The Hall–Kier alpha value is -3.43. The number of imidazole rings is 1. The van der Waals surface area contributed by atoms with Gasteiger partial charge in [-0.1, -0.05) is 36.0 Å². The number of benzene rings is 2. The molecule has 0 bridgehead atoms. The Balaban J connectivity index is 1.46. The van der Waals surface area contributed by atoms with Gasteiger partial charge in [-0.25, -0.2) is 14.8 Å². The number of thiophene rings is 1. The summed E-state index contributed by atoms with van der Waals surface area (Å²) in [5, 5.41) is 5.06. The standard InChI is InChI=1S/C25H22N4O3S2/c1-4-32-24(31)21-14(2)15(3)34-23(21)28-20(30)13-33-25-27-17-10-6-5-9-16(17)22-26-18-11-7-8-12-19(18)29(22)25/h5-12H,4,13H2,1-3H3,(H,28,30). The van der Waals surface area contributed by atoms with Gasteiger partial charge in [-0.05, 0) is 50.6 Å². The second-order valence-electron chi connectivity index (χ2n) is 7.72. The van der Waals surface area contributed by atoms with E-state index in [-0.39, 0.29) is 18.3 Å². The Morgan fingerprint density at radius 2 is 1.79 bits per heavy atom. The third-order valence-electron chi connectivity index (χ3n) is 5.56. The number of carbonyl (C=O) groups excluding carboxylic acids is 2. The lowest BCUT2D eigenvalue weighted by atomic mass is 10.1. The predicted molar refractivity (Wildman–Crippen MR) is 137 cm³/mol. The number of aromatic nitrogens is 3. The van der Waals surface area contributed by atoms with Crippen LogP contribution in [0, 0.1) is 13.8 Å². The van der Waals surface area contributed by atoms with Crippen molar-refractivity contribution in [1.29, 1.82) is 0 Å². The minimum absolute atomic E-state index is 0.130. The lowest BCUT2D eigenvalue weighted by Crippen LogP contribution is -2.16. The number of hydrogen-bond acceptors (Lipinski definition) is 7. The molecular formula is C25H22N4O3S2. The molecule has 0 atom stereocenters. The molecule has 3 heterocycles. The van der Waals surface area contributed by atoms with Crippen LogP contribution in [0.4, 0.5) is 5.00 Å². The molecule has 5 rings (SSSR count). The number of esters is 1. The van der Waals surface area contributed by atoms with Gasteiger partial charge in [-0.15, -0.1) is 11.3 Å². The van der Waals surface area contributed by atoms with Crippen LogP contribution in [0.3, 0.4) is 0 Å². The van der Waals surface area contributed by atoms with E-state index in [1.165, 1.54) is 23.1 Å². The Bertz CT molecular complexity index is 1570. The highest BCUT2D eigenvalue weighted by Crippen LogP contribution is 2.34. The lowest BCUT2D eigenvalue weighted by Gasteiger charge is -2.09. The van der Waals surface area contributed by atoms with E-state index >= 15 is 0 Å². The van der Waals surface area contributed by atoms with Gasteiger partial charge < -0.3 is 10.1 Å². The van der Waals surface area contributed by atoms with Crippen LogP contribution in [0.1, 0.15) is 27.7 Å². The molecule has 0 unspecified atom stereocenters. The van der Waals surface area contributed by atoms with E-state index in [0.29, 0.717) is 15.7 Å². The summed E-state index contributed by atoms with van der Waals surface area (Å²) in [6, 6.07) is 15.7. The topological polar surface area (TPSA) is 85.6 Å². The number of carbonyl (C=O) groups is 2. The Labute approximate surface area is 204 Å². The number of aryl methyl sites for hydroxylation is 1. The number of amides is 1. The zero-order chi connectivity index (χ0) is 23.8. The normalized spacial score (nSPS) is 11.4. The maximum absolute atomic E-state index is 12.9. The third-order valence-corrected chi connectivity index (χ3v) is 7.62. The number of hydrogen-bond donors (Lipinski definition) is 1. The molecule has 0 radical (unpaired) electrons. The number of nitrogens with zero attached hydrogens (tertiary/aromatic N) is 3. The molecule has 1 amide bonds. The van der Waals surface area contributed by atoms with E-state index in [2.05, 4.69) is 5.32 Å². The molecule has 172 valence electrons. The van der Waals surface area contributed by atoms with Crippen molar-refractivity contribution in [3.8, 4) is 0 Å². The van der Waals surface area contributed by atoms with E-state index in [1.807, 2.05) is 66.8 Å². The molecule has 7 nitrogen and oxygen atoms in total. The van der Waals surface area contributed by atoms with Crippen LogP contribution >= 0.6 is 23.1 Å². The number of anilines is 1. The summed E-state index contributed by atoms with van der Waals surface area (Å²) in [4.78, 5) is 36.0. The first-order valence-corrected chi connectivity index (χ1v) is 12.6. The van der Waals surface area contributed by atoms with E-state index in [9.17, 15) is 9.59 Å². The molecule has 5 aromatic rings. The number of para-hydroxylation sites is 3. The predicted octanol–water partition coefficient (Wildman–Crippen LogP) is 5.62. The first kappa shape index (κ1) is 22.4. The number of nitrogens with one attached hydrogen (secondary N) is 1. The van der Waals surface area contributed by atoms with Gasteiger partial charge in [0.25, 0.3) is 0 Å². The molecule has 2 aromatic carbocycles. The van der Waals surface area contributed by atoms with Crippen LogP contribution in [-0.4, -0.2) is 38.6 Å². The van der Waals surface area contributed by atoms with Gasteiger partial charge in [-0.2, -0.15) is 0 Å². The fourth-order valence-corrected chi connectivity index (χ4v) is 5.74. The van der Waals surface area contributed by atoms with Crippen molar-refractivity contribution in [2.75, 3.05) is 17.7 Å². The van der Waals surface area contributed by atoms with Gasteiger partial charge in [0, 0.05) is 10.3 Å². The highest BCUT2D eigenvalue weighted by Gasteiger charge is 2.22. The van der Waals surface area contributed by atoms with Crippen LogP contribution in [0.5, 0.6) is 0 Å². The monoisotopic (exact) mass is 490 g/mol. The molecule has 0 fully saturated rings. The first-order chi connectivity index (χ1) is 16.5. The van der Waals surface area contributed by atoms with Crippen molar-refractivity contribution in [3.05, 3.63) is 64.5 Å². The number of ether oxygens (including phenoxy) is 1. The number of rotatable bonds is 6. The van der Waals surface area contributed by atoms with Gasteiger partial charge in [-0.3, -0.25) is 9.20 Å². The minimum Gasteiger partial charge on any atom is -0.462 e. The van der Waals surface area contributed by atoms with Gasteiger partial charge in [0.2, 0.25) is 5.91 Å². The third kappa shape index (κ3) is 3.91. The van der Waals surface area contributed by atoms with E-state index in [1.54, 1.807) is 6.92 Å². The minimum atomic E-state index is -0.421. The molecule has 0 saturated heterocycles. The molecule has 0 saturated carbocycles. The molecule has 34 heavy (non-hydrogen) atoms. The fourth-order valence-electron chi connectivity index (χ4n) is 3.87. The molecule has 0 aliphatic heterocycles. The van der Waals surface area contributed by atoms with E-state index in [0.717, 1.165) is 38.0 Å². The van der Waals surface area contributed by atoms with Gasteiger partial charge in [0.05, 0.1) is 34.5 Å². The van der Waals surface area contributed by atoms with Crippen LogP contribution in [0.15, 0.2) is 53.7 Å². The first-order valence-electron chi connectivity index (χ1n) is 10.8. The average molecular weight is 491 g/mol. The van der Waals surface area contributed by atoms with Crippen LogP contribution < -0.4 is 5.32 Å². The summed E-state index contributed by atoms with van der Waals surface area (Å²) in [5.41, 5.74) is 4.69. The quantitative estimate of drug-likeness (QED) is 0.189. The number of thioether (sulfide) groups is 1. The summed E-state index contributed by atoms with van der Waals surface area (Å²) in [6.07, 6.45) is 0. The van der Waals surface area contributed by atoms with Gasteiger partial charge >= 0.3 is 5.97 Å². The Kier molecular flexibility index (Phi) is 5.97. The summed E-state index contributed by atoms with van der Waals surface area (Å²) < 4.78 is 7.18. The molecule has 0 aliphatic rings. The number of fused-ring (bicyclic) bond motifs is 5. The SMILES string of the molecule is CCOC(=O)c1c(NC(=O)CSc2nc3ccccc3c3nc4ccccc4n23)sc(C)c1C. The molecule has 0 aliphatic carbocycles. The highest BCUT2D eigenvalue weighted by atomic mass is 32.2. The van der Waals surface area contributed by atoms with Crippen molar-refractivity contribution in [2.24, 2.45) is 0 Å². The molecular weight excluding hydrogens is 468 g/mol. The van der Waals surface area contributed by atoms with Crippen molar-refractivity contribution in [2.45, 2.75) is 25.9 Å². The summed E-state index contributed by atoms with van der Waals surface area (Å²) in [7, 11) is 0.